The van der Waals surface area contributed by atoms with Crippen LogP contribution in [0.15, 0.2) is 36.4 Å². The molecule has 0 aromatic heterocycles. The van der Waals surface area contributed by atoms with Gasteiger partial charge in [0.2, 0.25) is 0 Å². The quantitative estimate of drug-likeness (QED) is 0.781. The number of hydrogen-bond donors (Lipinski definition) is 1. The maximum Gasteiger partial charge on any atom is 0.142 e. The van der Waals surface area contributed by atoms with Gasteiger partial charge >= 0.3 is 0 Å². The van der Waals surface area contributed by atoms with E-state index in [9.17, 15) is 4.39 Å². The summed E-state index contributed by atoms with van der Waals surface area (Å²) in [5, 5.41) is 4.49. The number of rotatable bonds is 4. The van der Waals surface area contributed by atoms with Crippen molar-refractivity contribution < 1.29 is 4.39 Å². The molecular weight excluding hydrogens is 320 g/mol. The molecule has 0 amide bonds. The van der Waals surface area contributed by atoms with Crippen molar-refractivity contribution in [1.29, 1.82) is 0 Å². The first kappa shape index (κ1) is 15.6. The molecule has 106 valence electrons. The van der Waals surface area contributed by atoms with Crippen molar-refractivity contribution in [3.8, 4) is 0 Å². The lowest BCUT2D eigenvalue weighted by Crippen LogP contribution is -2.22. The number of halogens is 4. The van der Waals surface area contributed by atoms with E-state index in [1.165, 1.54) is 6.07 Å². The Morgan fingerprint density at radius 2 is 1.80 bits per heavy atom. The molecule has 1 unspecified atom stereocenters. The van der Waals surface area contributed by atoms with E-state index >= 15 is 0 Å². The summed E-state index contributed by atoms with van der Waals surface area (Å²) in [5.41, 5.74) is 1.61. The molecule has 0 bridgehead atoms. The van der Waals surface area contributed by atoms with Gasteiger partial charge < -0.3 is 5.32 Å². The molecule has 0 fully saturated rings. The van der Waals surface area contributed by atoms with Crippen molar-refractivity contribution >= 4 is 34.8 Å². The minimum Gasteiger partial charge on any atom is -0.306 e. The smallest absolute Gasteiger partial charge is 0.142 e. The van der Waals surface area contributed by atoms with Crippen LogP contribution in [0.1, 0.15) is 24.1 Å². The molecule has 0 saturated heterocycles. The second-order valence-corrected chi connectivity index (χ2v) is 5.58. The maximum absolute atomic E-state index is 13.6. The molecule has 0 aliphatic rings. The first-order valence-electron chi connectivity index (χ1n) is 6.16. The van der Waals surface area contributed by atoms with Gasteiger partial charge in [0.05, 0.1) is 11.1 Å². The first-order valence-corrected chi connectivity index (χ1v) is 7.29. The summed E-state index contributed by atoms with van der Waals surface area (Å²) in [6, 6.07) is 9.81. The van der Waals surface area contributed by atoms with Crippen LogP contribution in [0, 0.1) is 5.82 Å². The fourth-order valence-corrected chi connectivity index (χ4v) is 2.67. The van der Waals surface area contributed by atoms with E-state index < -0.39 is 5.82 Å². The zero-order valence-corrected chi connectivity index (χ0v) is 13.0. The zero-order chi connectivity index (χ0) is 14.7. The summed E-state index contributed by atoms with van der Waals surface area (Å²) in [5.74, 6) is -0.447. The third-order valence-electron chi connectivity index (χ3n) is 2.96. The molecule has 1 nitrogen and oxygen atoms in total. The highest BCUT2D eigenvalue weighted by Crippen LogP contribution is 2.31. The predicted molar refractivity (Wildman–Crippen MR) is 83.4 cm³/mol. The highest BCUT2D eigenvalue weighted by molar-refractivity contribution is 6.35. The van der Waals surface area contributed by atoms with Crippen molar-refractivity contribution in [1.82, 2.24) is 5.32 Å². The van der Waals surface area contributed by atoms with Gasteiger partial charge in [-0.25, -0.2) is 4.39 Å². The molecule has 2 aromatic carbocycles. The molecule has 1 atom stereocenters. The fraction of sp³-hybridized carbons (Fsp3) is 0.200. The summed E-state index contributed by atoms with van der Waals surface area (Å²) >= 11 is 17.9. The van der Waals surface area contributed by atoms with Gasteiger partial charge in [0.1, 0.15) is 5.82 Å². The summed E-state index contributed by atoms with van der Waals surface area (Å²) < 4.78 is 13.6. The highest BCUT2D eigenvalue weighted by atomic mass is 35.5. The van der Waals surface area contributed by atoms with Gasteiger partial charge in [-0.1, -0.05) is 53.9 Å². The Hall–Kier alpha value is -0.800. The van der Waals surface area contributed by atoms with Crippen LogP contribution in [0.4, 0.5) is 4.39 Å². The normalized spacial score (nSPS) is 12.4. The molecule has 2 aromatic rings. The fourth-order valence-electron chi connectivity index (χ4n) is 2.04. The topological polar surface area (TPSA) is 12.0 Å². The monoisotopic (exact) mass is 331 g/mol. The molecule has 0 aliphatic heterocycles. The summed E-state index contributed by atoms with van der Waals surface area (Å²) in [6.07, 6.45) is 0. The van der Waals surface area contributed by atoms with Crippen molar-refractivity contribution in [3.05, 3.63) is 68.4 Å². The summed E-state index contributed by atoms with van der Waals surface area (Å²) in [4.78, 5) is 0. The third-order valence-corrected chi connectivity index (χ3v) is 3.83. The molecule has 5 heteroatoms. The molecule has 0 radical (unpaired) electrons. The van der Waals surface area contributed by atoms with Gasteiger partial charge in [0.15, 0.2) is 0 Å². The standard InChI is InChI=1S/C15H13Cl3FN/c1-2-20-15(9-3-6-12(17)14(19)7-9)11-5-4-10(16)8-13(11)18/h3-8,15,20H,2H2,1H3. The van der Waals surface area contributed by atoms with E-state index in [-0.39, 0.29) is 11.1 Å². The second-order valence-electron chi connectivity index (χ2n) is 4.33. The van der Waals surface area contributed by atoms with Gasteiger partial charge in [-0.15, -0.1) is 0 Å². The van der Waals surface area contributed by atoms with Crippen LogP contribution in [0.3, 0.4) is 0 Å². The van der Waals surface area contributed by atoms with Crippen LogP contribution in [0.2, 0.25) is 15.1 Å². The first-order chi connectivity index (χ1) is 9.52. The Balaban J connectivity index is 2.47. The van der Waals surface area contributed by atoms with Crippen molar-refractivity contribution in [2.24, 2.45) is 0 Å². The third kappa shape index (κ3) is 3.44. The SMILES string of the molecule is CCNC(c1ccc(Cl)c(F)c1)c1ccc(Cl)cc1Cl. The molecule has 0 saturated carbocycles. The average molecular weight is 333 g/mol. The molecule has 2 rings (SSSR count). The lowest BCUT2D eigenvalue weighted by atomic mass is 9.98. The van der Waals surface area contributed by atoms with Gasteiger partial charge in [-0.05, 0) is 41.9 Å². The maximum atomic E-state index is 13.6. The lowest BCUT2D eigenvalue weighted by molar-refractivity contribution is 0.603. The van der Waals surface area contributed by atoms with Gasteiger partial charge in [-0.3, -0.25) is 0 Å². The van der Waals surface area contributed by atoms with E-state index in [1.54, 1.807) is 24.3 Å². The van der Waals surface area contributed by atoms with Crippen LogP contribution in [-0.4, -0.2) is 6.54 Å². The van der Waals surface area contributed by atoms with Crippen LogP contribution in [0.5, 0.6) is 0 Å². The van der Waals surface area contributed by atoms with Crippen molar-refractivity contribution in [3.63, 3.8) is 0 Å². The molecule has 0 heterocycles. The van der Waals surface area contributed by atoms with Crippen LogP contribution in [-0.2, 0) is 0 Å². The largest absolute Gasteiger partial charge is 0.306 e. The number of hydrogen-bond acceptors (Lipinski definition) is 1. The minimum atomic E-state index is -0.447. The Bertz CT molecular complexity index is 616. The van der Waals surface area contributed by atoms with Crippen molar-refractivity contribution in [2.75, 3.05) is 6.54 Å². The highest BCUT2D eigenvalue weighted by Gasteiger charge is 2.17. The lowest BCUT2D eigenvalue weighted by Gasteiger charge is -2.20. The van der Waals surface area contributed by atoms with E-state index in [2.05, 4.69) is 5.32 Å². The second kappa shape index (κ2) is 6.77. The summed E-state index contributed by atoms with van der Waals surface area (Å²) in [6.45, 7) is 2.69. The van der Waals surface area contributed by atoms with Crippen LogP contribution < -0.4 is 5.32 Å². The minimum absolute atomic E-state index is 0.103. The van der Waals surface area contributed by atoms with E-state index in [1.807, 2.05) is 13.0 Å². The summed E-state index contributed by atoms with van der Waals surface area (Å²) in [7, 11) is 0. The van der Waals surface area contributed by atoms with E-state index in [4.69, 9.17) is 34.8 Å². The van der Waals surface area contributed by atoms with Crippen LogP contribution in [0.25, 0.3) is 0 Å². The molecule has 0 aliphatic carbocycles. The zero-order valence-electron chi connectivity index (χ0n) is 10.8. The molecule has 1 N–H and O–H groups in total. The van der Waals surface area contributed by atoms with Crippen LogP contribution >= 0.6 is 34.8 Å². The van der Waals surface area contributed by atoms with E-state index in [0.29, 0.717) is 16.6 Å². The van der Waals surface area contributed by atoms with E-state index in [0.717, 1.165) is 11.1 Å². The molecular formula is C15H13Cl3FN. The molecule has 20 heavy (non-hydrogen) atoms. The number of benzene rings is 2. The average Bonchev–Trinajstić information content (AvgIpc) is 2.40. The Labute approximate surface area is 132 Å². The van der Waals surface area contributed by atoms with Gasteiger partial charge in [0.25, 0.3) is 0 Å². The predicted octanol–water partition coefficient (Wildman–Crippen LogP) is 5.48. The van der Waals surface area contributed by atoms with Gasteiger partial charge in [0, 0.05) is 10.0 Å². The van der Waals surface area contributed by atoms with Gasteiger partial charge in [-0.2, -0.15) is 0 Å². The Morgan fingerprint density at radius 3 is 2.40 bits per heavy atom. The Kier molecular flexibility index (Phi) is 5.28. The Morgan fingerprint density at radius 1 is 1.05 bits per heavy atom. The number of nitrogens with one attached hydrogen (secondary N) is 1. The molecule has 0 spiro atoms. The van der Waals surface area contributed by atoms with Crippen molar-refractivity contribution in [2.45, 2.75) is 13.0 Å².